The Morgan fingerprint density at radius 1 is 0.354 bits per heavy atom. The maximum absolute atomic E-state index is 15.3. The average Bonchev–Trinajstić information content (AvgIpc) is 1.72. The van der Waals surface area contributed by atoms with Gasteiger partial charge in [0.15, 0.2) is 0 Å². The molecule has 0 saturated heterocycles. The number of nitrogens with two attached hydrogens (primary N) is 4. The molecule has 0 radical (unpaired) electrons. The molecule has 0 aliphatic rings. The van der Waals surface area contributed by atoms with Gasteiger partial charge in [-0.25, -0.2) is 4.79 Å². The lowest BCUT2D eigenvalue weighted by molar-refractivity contribution is -0.142. The number of hydrogen-bond acceptors (Lipinski definition) is 24. The topological polar surface area (TPSA) is 701 Å². The summed E-state index contributed by atoms with van der Waals surface area (Å²) in [6.45, 7) is 6.60. The van der Waals surface area contributed by atoms with Crippen molar-refractivity contribution < 1.29 is 106 Å². The van der Waals surface area contributed by atoms with Crippen molar-refractivity contribution in [1.29, 1.82) is 0 Å². The predicted octanol–water partition coefficient (Wildman–Crippen LogP) is -3.52. The van der Waals surface area contributed by atoms with Crippen LogP contribution in [-0.2, 0) is 110 Å². The number of carbonyl (C=O) groups excluding carboxylic acids is 16. The molecule has 2 aromatic heterocycles. The van der Waals surface area contributed by atoms with Crippen LogP contribution in [-0.4, -0.2) is 260 Å². The van der Waals surface area contributed by atoms with E-state index in [-0.39, 0.29) is 61.9 Å². The Hall–Kier alpha value is -12.8. The zero-order valence-corrected chi connectivity index (χ0v) is 74.9. The van der Waals surface area contributed by atoms with Crippen molar-refractivity contribution in [2.75, 3.05) is 44.2 Å². The highest BCUT2D eigenvalue weighted by atomic mass is 32.1. The van der Waals surface area contributed by atoms with Crippen LogP contribution in [0.4, 0.5) is 0 Å². The summed E-state index contributed by atoms with van der Waals surface area (Å²) in [4.78, 5) is 265. The van der Waals surface area contributed by atoms with Gasteiger partial charge in [-0.05, 0) is 125 Å². The van der Waals surface area contributed by atoms with Crippen LogP contribution < -0.4 is 103 Å². The van der Waals surface area contributed by atoms with E-state index in [4.69, 9.17) is 22.9 Å². The third-order valence-corrected chi connectivity index (χ3v) is 21.2. The Balaban J connectivity index is 1.32. The summed E-state index contributed by atoms with van der Waals surface area (Å²) in [5.41, 5.74) is 25.3. The second kappa shape index (κ2) is 55.9. The quantitative estimate of drug-likeness (QED) is 0.0133. The molecule has 0 aliphatic heterocycles. The summed E-state index contributed by atoms with van der Waals surface area (Å²) in [6.07, 6.45) is 0.651. The first-order chi connectivity index (χ1) is 61.7. The van der Waals surface area contributed by atoms with Crippen molar-refractivity contribution in [3.8, 4) is 0 Å². The fraction of sp³-hybridized carbons (Fsp3) is 0.518. The number of aromatic nitrogens is 2. The van der Waals surface area contributed by atoms with E-state index in [9.17, 15) is 92.0 Å². The number of carboxylic acid groups (broad SMARTS) is 3. The van der Waals surface area contributed by atoms with Gasteiger partial charge in [0, 0.05) is 84.2 Å². The van der Waals surface area contributed by atoms with E-state index in [0.29, 0.717) is 83.7 Å². The van der Waals surface area contributed by atoms with E-state index in [2.05, 4.69) is 115 Å². The maximum atomic E-state index is 15.3. The molecule has 2 heterocycles. The number of unbranched alkanes of at least 4 members (excludes halogenated alkanes) is 2. The maximum Gasteiger partial charge on any atom is 0.327 e. The normalized spacial score (nSPS) is 14.2. The number of carbonyl (C=O) groups is 19. The van der Waals surface area contributed by atoms with Crippen molar-refractivity contribution in [3.05, 3.63) is 108 Å². The molecule has 712 valence electrons. The molecule has 0 spiro atoms. The number of fused-ring (bicyclic) bond motifs is 2. The van der Waals surface area contributed by atoms with Crippen LogP contribution in [0.1, 0.15) is 141 Å². The molecule has 16 amide bonds. The Kier molecular flexibility index (Phi) is 46.3. The van der Waals surface area contributed by atoms with Crippen LogP contribution in [0.25, 0.3) is 21.8 Å². The number of H-pyrrole nitrogens is 2. The van der Waals surface area contributed by atoms with Crippen LogP contribution in [0.5, 0.6) is 0 Å². The largest absolute Gasteiger partial charge is 0.481 e. The third kappa shape index (κ3) is 37.9. The number of thiol groups is 2. The molecule has 130 heavy (non-hydrogen) atoms. The summed E-state index contributed by atoms with van der Waals surface area (Å²) in [5, 5.41) is 68.0. The number of primary amides is 1. The molecule has 0 fully saturated rings. The van der Waals surface area contributed by atoms with Gasteiger partial charge in [-0.2, -0.15) is 25.3 Å². The van der Waals surface area contributed by atoms with E-state index >= 15 is 14.4 Å². The highest BCUT2D eigenvalue weighted by Crippen LogP contribution is 2.23. The third-order valence-electron chi connectivity index (χ3n) is 20.5. The Bertz CT molecular complexity index is 4730. The summed E-state index contributed by atoms with van der Waals surface area (Å²) in [5.74, 6) is -21.0. The van der Waals surface area contributed by atoms with Crippen molar-refractivity contribution in [2.24, 2.45) is 34.8 Å². The van der Waals surface area contributed by atoms with Crippen LogP contribution in [0.3, 0.4) is 0 Å². The second-order valence-corrected chi connectivity index (χ2v) is 32.8. The fourth-order valence-corrected chi connectivity index (χ4v) is 14.0. The molecule has 13 atom stereocenters. The zero-order valence-electron chi connectivity index (χ0n) is 73.1. The number of rotatable bonds is 60. The standard InChI is InChI=1S/C85H123N21O22S2/c1-45(2)33-60(97-70(110)42-94-77(119)65(43-129)105-73(115)47(5)95-68(108)40-92-75(117)56(24-14-16-32-87)98-74(116)53(88)21-13-15-31-86)76(118)93-41-69(109)96-57(25-28-67(89)107)78(120)99-58(26-29-71(111)112)79(121)100-59(27-30-72(113)114)80(122)103-63(36-49-38-90-54-22-11-9-19-51(49)54)84(126)102-62(35-48-17-7-6-8-18-48)82(124)104-64(37-50-39-91-55-23-12-10-20-52(50)55)83(125)101-61(34-46(3)4)81(123)106-66(44-130)85(127)128/h6-12,17-20,22-23,38-39,45-47,53,56-66,90-91,129-130H,13-16,21,24-37,40-44,86-88H2,1-5H3,(H2,89,107)(H,92,117)(H,93,118)(H,94,119)(H,95,108)(H,96,109)(H,97,110)(H,98,116)(H,99,120)(H,100,121)(H,101,125)(H,102,126)(H,103,122)(H,104,124)(H,105,115)(H,106,123)(H,111,112)(H,113,114)(H,127,128)/t47-,53-,56-,57-,58-,59-,60-,61-,62-,63-,64-,65-,66-/m0/s1. The number of benzene rings is 3. The highest BCUT2D eigenvalue weighted by Gasteiger charge is 2.38. The van der Waals surface area contributed by atoms with E-state index in [0.717, 1.165) is 0 Å². The van der Waals surface area contributed by atoms with Crippen molar-refractivity contribution in [1.82, 2.24) is 89.7 Å². The first-order valence-electron chi connectivity index (χ1n) is 42.7. The Labute approximate surface area is 761 Å². The number of carboxylic acids is 3. The minimum absolute atomic E-state index is 0.0114. The first kappa shape index (κ1) is 108. The van der Waals surface area contributed by atoms with Crippen molar-refractivity contribution >= 4 is 159 Å². The molecule has 0 bridgehead atoms. The van der Waals surface area contributed by atoms with Gasteiger partial charge in [-0.3, -0.25) is 86.3 Å². The zero-order chi connectivity index (χ0) is 96.3. The predicted molar refractivity (Wildman–Crippen MR) is 482 cm³/mol. The molecule has 43 nitrogen and oxygen atoms in total. The van der Waals surface area contributed by atoms with Crippen LogP contribution in [0, 0.1) is 11.8 Å². The molecule has 5 rings (SSSR count). The Morgan fingerprint density at radius 2 is 0.692 bits per heavy atom. The van der Waals surface area contributed by atoms with E-state index in [1.807, 2.05) is 0 Å². The van der Waals surface area contributed by atoms with E-state index < -0.39 is 249 Å². The van der Waals surface area contributed by atoms with Gasteiger partial charge in [0.2, 0.25) is 94.5 Å². The fourth-order valence-electron chi connectivity index (χ4n) is 13.5. The van der Waals surface area contributed by atoms with Crippen LogP contribution in [0.2, 0.25) is 0 Å². The number of nitrogens with one attached hydrogen (secondary N) is 17. The number of hydrogen-bond donors (Lipinski definition) is 26. The van der Waals surface area contributed by atoms with Crippen LogP contribution >= 0.6 is 25.3 Å². The van der Waals surface area contributed by atoms with Gasteiger partial charge in [0.1, 0.15) is 72.5 Å². The van der Waals surface area contributed by atoms with Crippen molar-refractivity contribution in [2.45, 2.75) is 222 Å². The summed E-state index contributed by atoms with van der Waals surface area (Å²) in [6, 6.07) is 2.81. The first-order valence-corrected chi connectivity index (χ1v) is 43.9. The van der Waals surface area contributed by atoms with Crippen LogP contribution in [0.15, 0.2) is 91.3 Å². The minimum atomic E-state index is -1.95. The van der Waals surface area contributed by atoms with Gasteiger partial charge in [0.25, 0.3) is 0 Å². The summed E-state index contributed by atoms with van der Waals surface area (Å²) in [7, 11) is 0. The minimum Gasteiger partial charge on any atom is -0.481 e. The van der Waals surface area contributed by atoms with Gasteiger partial charge in [-0.1, -0.05) is 101 Å². The number of aliphatic carboxylic acids is 3. The average molecular weight is 1860 g/mol. The lowest BCUT2D eigenvalue weighted by Gasteiger charge is -2.28. The molecule has 5 aromatic rings. The number of aromatic amines is 2. The Morgan fingerprint density at radius 3 is 1.13 bits per heavy atom. The molecular weight excluding hydrogens is 1730 g/mol. The van der Waals surface area contributed by atoms with Gasteiger partial charge >= 0.3 is 17.9 Å². The smallest absolute Gasteiger partial charge is 0.327 e. The molecule has 0 aliphatic carbocycles. The molecule has 0 unspecified atom stereocenters. The lowest BCUT2D eigenvalue weighted by atomic mass is 9.99. The monoisotopic (exact) mass is 1850 g/mol. The van der Waals surface area contributed by atoms with E-state index in [1.54, 1.807) is 119 Å². The summed E-state index contributed by atoms with van der Waals surface area (Å²) < 4.78 is 0. The van der Waals surface area contributed by atoms with Gasteiger partial charge < -0.3 is 128 Å². The van der Waals surface area contributed by atoms with Gasteiger partial charge in [-0.15, -0.1) is 0 Å². The number of para-hydroxylation sites is 2. The van der Waals surface area contributed by atoms with Crippen molar-refractivity contribution in [3.63, 3.8) is 0 Å². The number of amides is 16. The summed E-state index contributed by atoms with van der Waals surface area (Å²) >= 11 is 8.21. The van der Waals surface area contributed by atoms with E-state index in [1.165, 1.54) is 6.92 Å². The highest BCUT2D eigenvalue weighted by molar-refractivity contribution is 7.80. The SMILES string of the molecule is CC(C)C[C@H](NC(=O)CNC(=O)[C@H](CS)NC(=O)[C@H](C)NC(=O)CNC(=O)[C@H](CCCCN)NC(=O)[C@@H](N)CCCCN)C(=O)NCC(=O)N[C@@H](CCC(N)=O)C(=O)N[C@@H](CCC(=O)O)C(=O)N[C@@H](CCC(=O)O)C(=O)N[C@@H](Cc1c[nH]c2ccccc12)C(=O)N[C@@H](Cc1ccccc1)C(=O)N[C@@H](Cc1c[nH]c2ccccc12)C(=O)N[C@@H](CC(C)C)C(=O)N[C@@H](CS)C(=O)O. The molecule has 3 aromatic carbocycles. The lowest BCUT2D eigenvalue weighted by Crippen LogP contribution is -2.61. The molecule has 45 heteroatoms. The van der Waals surface area contributed by atoms with Gasteiger partial charge in [0.05, 0.1) is 25.7 Å². The molecule has 0 saturated carbocycles. The second-order valence-electron chi connectivity index (χ2n) is 32.1. The molecular formula is C85H123N21O22S2. The molecule has 28 N–H and O–H groups in total.